The maximum absolute atomic E-state index is 11.1. The number of rotatable bonds is 6. The van der Waals surface area contributed by atoms with E-state index in [9.17, 15) is 4.79 Å². The largest absolute Gasteiger partial charge is 0.468 e. The van der Waals surface area contributed by atoms with Crippen LogP contribution in [0.2, 0.25) is 0 Å². The van der Waals surface area contributed by atoms with Gasteiger partial charge < -0.3 is 14.3 Å². The third kappa shape index (κ3) is 4.49. The van der Waals surface area contributed by atoms with Gasteiger partial charge in [-0.2, -0.15) is 4.98 Å². The van der Waals surface area contributed by atoms with E-state index in [0.717, 1.165) is 11.5 Å². The van der Waals surface area contributed by atoms with Gasteiger partial charge in [0.2, 0.25) is 5.91 Å². The molecule has 6 nitrogen and oxygen atoms in total. The van der Waals surface area contributed by atoms with Crippen LogP contribution in [-0.2, 0) is 16.1 Å². The summed E-state index contributed by atoms with van der Waals surface area (Å²) in [5.74, 6) is 2.34. The van der Waals surface area contributed by atoms with Crippen molar-refractivity contribution in [2.45, 2.75) is 32.1 Å². The molecule has 2 aromatic heterocycles. The molecule has 0 fully saturated rings. The molecular weight excluding hydrogens is 290 g/mol. The maximum atomic E-state index is 11.1. The fourth-order valence-electron chi connectivity index (χ4n) is 1.68. The van der Waals surface area contributed by atoms with Crippen LogP contribution in [-0.4, -0.2) is 16.0 Å². The fourth-order valence-corrected chi connectivity index (χ4v) is 2.32. The van der Waals surface area contributed by atoms with E-state index in [-0.39, 0.29) is 5.91 Å². The quantitative estimate of drug-likeness (QED) is 0.883. The molecule has 112 valence electrons. The molecule has 0 bridgehead atoms. The van der Waals surface area contributed by atoms with Crippen molar-refractivity contribution >= 4 is 23.7 Å². The van der Waals surface area contributed by atoms with Gasteiger partial charge in [-0.25, -0.2) is 0 Å². The predicted octanol–water partition coefficient (Wildman–Crippen LogP) is 2.94. The molecule has 0 spiro atoms. The Kier molecular flexibility index (Phi) is 4.85. The minimum absolute atomic E-state index is 0.143. The van der Waals surface area contributed by atoms with Crippen LogP contribution in [0.25, 0.3) is 6.08 Å². The van der Waals surface area contributed by atoms with Gasteiger partial charge in [-0.3, -0.25) is 4.79 Å². The van der Waals surface area contributed by atoms with E-state index in [0.29, 0.717) is 11.7 Å². The average Bonchev–Trinajstić information content (AvgIpc) is 3.05. The SMILES string of the molecule is CC(=O)NC(C)(C)c1noc(C=CSCc2ccco2)n1. The molecule has 0 radical (unpaired) electrons. The number of hydrogen-bond donors (Lipinski definition) is 1. The first-order chi connectivity index (χ1) is 9.97. The van der Waals surface area contributed by atoms with Crippen molar-refractivity contribution in [3.63, 3.8) is 0 Å². The normalized spacial score (nSPS) is 12.0. The Morgan fingerprint density at radius 2 is 2.33 bits per heavy atom. The molecule has 2 aromatic rings. The van der Waals surface area contributed by atoms with Crippen LogP contribution in [0.4, 0.5) is 0 Å². The number of nitrogens with zero attached hydrogens (tertiary/aromatic N) is 2. The lowest BCUT2D eigenvalue weighted by atomic mass is 10.1. The Labute approximate surface area is 127 Å². The Bertz CT molecular complexity index is 617. The van der Waals surface area contributed by atoms with Crippen LogP contribution < -0.4 is 5.32 Å². The van der Waals surface area contributed by atoms with Crippen molar-refractivity contribution in [1.82, 2.24) is 15.5 Å². The van der Waals surface area contributed by atoms with E-state index in [1.807, 2.05) is 31.4 Å². The Balaban J connectivity index is 1.92. The summed E-state index contributed by atoms with van der Waals surface area (Å²) in [5, 5.41) is 8.52. The van der Waals surface area contributed by atoms with Crippen LogP contribution in [0.3, 0.4) is 0 Å². The molecule has 7 heteroatoms. The van der Waals surface area contributed by atoms with E-state index in [4.69, 9.17) is 8.94 Å². The van der Waals surface area contributed by atoms with Gasteiger partial charge >= 0.3 is 0 Å². The molecule has 0 aliphatic carbocycles. The summed E-state index contributed by atoms with van der Waals surface area (Å²) in [4.78, 5) is 15.4. The minimum Gasteiger partial charge on any atom is -0.468 e. The van der Waals surface area contributed by atoms with Crippen molar-refractivity contribution in [2.75, 3.05) is 0 Å². The monoisotopic (exact) mass is 307 g/mol. The van der Waals surface area contributed by atoms with Gasteiger partial charge in [0, 0.05) is 13.0 Å². The molecule has 2 rings (SSSR count). The molecule has 1 amide bonds. The number of furan rings is 1. The number of aromatic nitrogens is 2. The van der Waals surface area contributed by atoms with Gasteiger partial charge in [-0.15, -0.1) is 11.8 Å². The highest BCUT2D eigenvalue weighted by molar-refractivity contribution is 8.01. The van der Waals surface area contributed by atoms with Crippen LogP contribution in [0, 0.1) is 0 Å². The summed E-state index contributed by atoms with van der Waals surface area (Å²) in [6.07, 6.45) is 3.38. The second-order valence-electron chi connectivity index (χ2n) is 4.96. The Hall–Kier alpha value is -2.02. The third-order valence-corrected chi connectivity index (χ3v) is 3.38. The molecule has 0 aromatic carbocycles. The summed E-state index contributed by atoms with van der Waals surface area (Å²) in [5.41, 5.74) is -0.664. The smallest absolute Gasteiger partial charge is 0.251 e. The summed E-state index contributed by atoms with van der Waals surface area (Å²) in [6, 6.07) is 3.77. The topological polar surface area (TPSA) is 81.2 Å². The van der Waals surface area contributed by atoms with Crippen molar-refractivity contribution in [3.8, 4) is 0 Å². The lowest BCUT2D eigenvalue weighted by molar-refractivity contribution is -0.120. The zero-order valence-corrected chi connectivity index (χ0v) is 12.9. The molecule has 0 aliphatic heterocycles. The van der Waals surface area contributed by atoms with Gasteiger partial charge in [0.05, 0.1) is 17.6 Å². The van der Waals surface area contributed by atoms with E-state index >= 15 is 0 Å². The Morgan fingerprint density at radius 3 is 3.00 bits per heavy atom. The summed E-state index contributed by atoms with van der Waals surface area (Å²) in [6.45, 7) is 5.09. The number of carbonyl (C=O) groups excluding carboxylic acids is 1. The van der Waals surface area contributed by atoms with Crippen molar-refractivity contribution in [2.24, 2.45) is 0 Å². The number of nitrogens with one attached hydrogen (secondary N) is 1. The first-order valence-corrected chi connectivity index (χ1v) is 7.46. The van der Waals surface area contributed by atoms with Gasteiger partial charge in [0.25, 0.3) is 5.89 Å². The highest BCUT2D eigenvalue weighted by Crippen LogP contribution is 2.18. The van der Waals surface area contributed by atoms with Gasteiger partial charge in [0.1, 0.15) is 5.76 Å². The highest BCUT2D eigenvalue weighted by Gasteiger charge is 2.27. The summed E-state index contributed by atoms with van der Waals surface area (Å²) < 4.78 is 10.4. The fraction of sp³-hybridized carbons (Fsp3) is 0.357. The number of amides is 1. The maximum Gasteiger partial charge on any atom is 0.251 e. The standard InChI is InChI=1S/C14H17N3O3S/c1-10(18)16-14(2,3)13-15-12(20-17-13)6-8-21-9-11-5-4-7-19-11/h4-8H,9H2,1-3H3,(H,16,18). The molecule has 1 N–H and O–H groups in total. The van der Waals surface area contributed by atoms with E-state index < -0.39 is 5.54 Å². The van der Waals surface area contributed by atoms with Gasteiger partial charge in [-0.05, 0) is 31.4 Å². The predicted molar refractivity (Wildman–Crippen MR) is 80.2 cm³/mol. The second kappa shape index (κ2) is 6.62. The van der Waals surface area contributed by atoms with Crippen molar-refractivity contribution in [1.29, 1.82) is 0 Å². The Morgan fingerprint density at radius 1 is 1.52 bits per heavy atom. The number of carbonyl (C=O) groups is 1. The zero-order chi connectivity index (χ0) is 15.3. The molecule has 2 heterocycles. The number of thioether (sulfide) groups is 1. The first kappa shape index (κ1) is 15.4. The molecule has 21 heavy (non-hydrogen) atoms. The molecular formula is C14H17N3O3S. The lowest BCUT2D eigenvalue weighted by Gasteiger charge is -2.20. The van der Waals surface area contributed by atoms with Gasteiger partial charge in [-0.1, -0.05) is 5.16 Å². The third-order valence-electron chi connectivity index (χ3n) is 2.60. The molecule has 0 unspecified atom stereocenters. The van der Waals surface area contributed by atoms with E-state index in [2.05, 4.69) is 15.5 Å². The van der Waals surface area contributed by atoms with Crippen molar-refractivity contribution in [3.05, 3.63) is 41.3 Å². The zero-order valence-electron chi connectivity index (χ0n) is 12.1. The molecule has 0 saturated carbocycles. The summed E-state index contributed by atoms with van der Waals surface area (Å²) >= 11 is 1.56. The van der Waals surface area contributed by atoms with Crippen molar-refractivity contribution < 1.29 is 13.7 Å². The van der Waals surface area contributed by atoms with Crippen LogP contribution in [0.5, 0.6) is 0 Å². The summed E-state index contributed by atoms with van der Waals surface area (Å²) in [7, 11) is 0. The first-order valence-electron chi connectivity index (χ1n) is 6.41. The lowest BCUT2D eigenvalue weighted by Crippen LogP contribution is -2.40. The van der Waals surface area contributed by atoms with Crippen LogP contribution in [0.15, 0.2) is 32.7 Å². The van der Waals surface area contributed by atoms with E-state index in [1.165, 1.54) is 6.92 Å². The van der Waals surface area contributed by atoms with Crippen LogP contribution in [0.1, 0.15) is 38.2 Å². The highest BCUT2D eigenvalue weighted by atomic mass is 32.2. The van der Waals surface area contributed by atoms with Crippen LogP contribution >= 0.6 is 11.8 Å². The molecule has 0 aliphatic rings. The number of hydrogen-bond acceptors (Lipinski definition) is 6. The molecule has 0 saturated heterocycles. The molecule has 0 atom stereocenters. The average molecular weight is 307 g/mol. The van der Waals surface area contributed by atoms with E-state index in [1.54, 1.807) is 24.1 Å². The second-order valence-corrected chi connectivity index (χ2v) is 5.85. The minimum atomic E-state index is -0.664. The van der Waals surface area contributed by atoms with Gasteiger partial charge in [0.15, 0.2) is 5.82 Å².